The predicted molar refractivity (Wildman–Crippen MR) is 136 cm³/mol. The van der Waals surface area contributed by atoms with E-state index in [1.165, 1.54) is 26.9 Å². The molecule has 3 rings (SSSR count). The Morgan fingerprint density at radius 2 is 1.80 bits per heavy atom. The van der Waals surface area contributed by atoms with Crippen molar-refractivity contribution in [2.24, 2.45) is 22.7 Å². The number of rotatable bonds is 9. The molecule has 5 atom stereocenters. The molecule has 0 aromatic heterocycles. The van der Waals surface area contributed by atoms with E-state index in [4.69, 9.17) is 18.9 Å². The van der Waals surface area contributed by atoms with E-state index < -0.39 is 5.60 Å². The largest absolute Gasteiger partial charge is 0.469 e. The van der Waals surface area contributed by atoms with Gasteiger partial charge in [-0.3, -0.25) is 9.59 Å². The van der Waals surface area contributed by atoms with Gasteiger partial charge in [-0.25, -0.2) is 0 Å². The molecule has 6 nitrogen and oxygen atoms in total. The van der Waals surface area contributed by atoms with Crippen LogP contribution < -0.4 is 0 Å². The van der Waals surface area contributed by atoms with Crippen molar-refractivity contribution in [2.45, 2.75) is 117 Å². The fourth-order valence-corrected chi connectivity index (χ4v) is 7.61. The number of ether oxygens (including phenoxy) is 4. The van der Waals surface area contributed by atoms with Gasteiger partial charge in [0.15, 0.2) is 6.29 Å². The molecule has 1 heterocycles. The van der Waals surface area contributed by atoms with Crippen molar-refractivity contribution in [2.75, 3.05) is 20.3 Å². The lowest BCUT2D eigenvalue weighted by atomic mass is 9.45. The summed E-state index contributed by atoms with van der Waals surface area (Å²) in [5, 5.41) is 0. The van der Waals surface area contributed by atoms with E-state index >= 15 is 0 Å². The Bertz CT molecular complexity index is 767. The Morgan fingerprint density at radius 3 is 2.46 bits per heavy atom. The molecule has 35 heavy (non-hydrogen) atoms. The molecular weight excluding hydrogens is 444 g/mol. The summed E-state index contributed by atoms with van der Waals surface area (Å²) in [5.74, 6) is 0.394. The highest BCUT2D eigenvalue weighted by molar-refractivity contribution is 5.71. The van der Waals surface area contributed by atoms with Gasteiger partial charge in [-0.15, -0.1) is 0 Å². The standard InChI is InChI=1S/C29H48O6/c1-21(30)35-29(5)18-15-23-27(2,3)16-9-17-28(23,4)24(29)13-11-22(12-14-25(31)32-6)20-34-26-10-7-8-19-33-26/h12,23-24,26H,7-11,13-20H2,1-6H3/b22-12-/t23-,24+,26?,28-,29+/m0/s1. The zero-order valence-electron chi connectivity index (χ0n) is 23.0. The second-order valence-corrected chi connectivity index (χ2v) is 12.2. The van der Waals surface area contributed by atoms with Crippen molar-refractivity contribution in [3.8, 4) is 0 Å². The minimum absolute atomic E-state index is 0.102. The topological polar surface area (TPSA) is 71.1 Å². The summed E-state index contributed by atoms with van der Waals surface area (Å²) in [6.45, 7) is 12.1. The Balaban J connectivity index is 1.80. The van der Waals surface area contributed by atoms with Crippen molar-refractivity contribution in [1.82, 2.24) is 0 Å². The number of esters is 2. The van der Waals surface area contributed by atoms with Gasteiger partial charge in [0, 0.05) is 19.4 Å². The van der Waals surface area contributed by atoms with Crippen LogP contribution in [0.1, 0.15) is 105 Å². The maximum atomic E-state index is 12.2. The fourth-order valence-electron chi connectivity index (χ4n) is 7.61. The molecule has 6 heteroatoms. The first kappa shape index (κ1) is 28.2. The number of methoxy groups -OCH3 is 1. The summed E-state index contributed by atoms with van der Waals surface area (Å²) in [6, 6.07) is 0. The van der Waals surface area contributed by atoms with Crippen LogP contribution in [0, 0.1) is 22.7 Å². The van der Waals surface area contributed by atoms with E-state index in [1.54, 1.807) is 0 Å². The maximum absolute atomic E-state index is 12.2. The van der Waals surface area contributed by atoms with Gasteiger partial charge in [0.05, 0.1) is 20.1 Å². The minimum Gasteiger partial charge on any atom is -0.469 e. The van der Waals surface area contributed by atoms with E-state index in [0.29, 0.717) is 12.5 Å². The number of carbonyl (C=O) groups excluding carboxylic acids is 2. The SMILES string of the molecule is COC(=O)C/C=C(/CC[C@@H]1[C@@]2(C)CCCC(C)(C)[C@@H]2CC[C@@]1(C)OC(C)=O)COC1CCCCO1. The summed E-state index contributed by atoms with van der Waals surface area (Å²) in [7, 11) is 1.42. The van der Waals surface area contributed by atoms with Crippen molar-refractivity contribution in [3.05, 3.63) is 11.6 Å². The van der Waals surface area contributed by atoms with Crippen molar-refractivity contribution in [3.63, 3.8) is 0 Å². The minimum atomic E-state index is -0.481. The van der Waals surface area contributed by atoms with Gasteiger partial charge >= 0.3 is 11.9 Å². The second-order valence-electron chi connectivity index (χ2n) is 12.2. The van der Waals surface area contributed by atoms with Crippen LogP contribution in [0.25, 0.3) is 0 Å². The molecule has 0 spiro atoms. The van der Waals surface area contributed by atoms with Crippen LogP contribution in [0.4, 0.5) is 0 Å². The van der Waals surface area contributed by atoms with Gasteiger partial charge in [-0.2, -0.15) is 0 Å². The first-order chi connectivity index (χ1) is 16.5. The number of fused-ring (bicyclic) bond motifs is 1. The van der Waals surface area contributed by atoms with Crippen molar-refractivity contribution >= 4 is 11.9 Å². The molecule has 0 radical (unpaired) electrons. The first-order valence-electron chi connectivity index (χ1n) is 13.7. The average molecular weight is 493 g/mol. The summed E-state index contributed by atoms with van der Waals surface area (Å²) < 4.78 is 22.8. The molecule has 1 saturated heterocycles. The van der Waals surface area contributed by atoms with Crippen LogP contribution in [-0.2, 0) is 28.5 Å². The van der Waals surface area contributed by atoms with E-state index in [-0.39, 0.29) is 41.4 Å². The number of carbonyl (C=O) groups is 2. The molecule has 1 aliphatic heterocycles. The third kappa shape index (κ3) is 6.88. The van der Waals surface area contributed by atoms with Crippen LogP contribution >= 0.6 is 0 Å². The van der Waals surface area contributed by atoms with Gasteiger partial charge in [0.1, 0.15) is 5.60 Å². The molecule has 3 fully saturated rings. The number of hydrogen-bond donors (Lipinski definition) is 0. The lowest BCUT2D eigenvalue weighted by molar-refractivity contribution is -0.199. The first-order valence-corrected chi connectivity index (χ1v) is 13.7. The lowest BCUT2D eigenvalue weighted by Crippen LogP contribution is -2.58. The molecule has 1 unspecified atom stereocenters. The van der Waals surface area contributed by atoms with E-state index in [1.807, 2.05) is 6.08 Å². The van der Waals surface area contributed by atoms with E-state index in [9.17, 15) is 9.59 Å². The van der Waals surface area contributed by atoms with Gasteiger partial charge in [-0.1, -0.05) is 33.3 Å². The molecule has 0 N–H and O–H groups in total. The van der Waals surface area contributed by atoms with Gasteiger partial charge in [0.25, 0.3) is 0 Å². The van der Waals surface area contributed by atoms with Crippen LogP contribution in [0.2, 0.25) is 0 Å². The third-order valence-corrected chi connectivity index (χ3v) is 9.25. The zero-order valence-corrected chi connectivity index (χ0v) is 23.0. The maximum Gasteiger partial charge on any atom is 0.309 e. The lowest BCUT2D eigenvalue weighted by Gasteiger charge is -2.62. The highest BCUT2D eigenvalue weighted by Gasteiger charge is 2.59. The summed E-state index contributed by atoms with van der Waals surface area (Å²) in [5.41, 5.74) is 1.000. The monoisotopic (exact) mass is 492 g/mol. The molecule has 3 aliphatic rings. The number of hydrogen-bond acceptors (Lipinski definition) is 6. The normalized spacial score (nSPS) is 35.1. The van der Waals surface area contributed by atoms with E-state index in [2.05, 4.69) is 27.7 Å². The van der Waals surface area contributed by atoms with Gasteiger partial charge < -0.3 is 18.9 Å². The van der Waals surface area contributed by atoms with Crippen LogP contribution in [-0.4, -0.2) is 44.2 Å². The zero-order chi connectivity index (χ0) is 25.7. The van der Waals surface area contributed by atoms with Crippen LogP contribution in [0.15, 0.2) is 11.6 Å². The molecule has 0 amide bonds. The van der Waals surface area contributed by atoms with Gasteiger partial charge in [-0.05, 0) is 87.0 Å². The Hall–Kier alpha value is -1.40. The smallest absolute Gasteiger partial charge is 0.309 e. The van der Waals surface area contributed by atoms with Crippen LogP contribution in [0.5, 0.6) is 0 Å². The molecule has 0 aromatic rings. The molecule has 0 bridgehead atoms. The summed E-state index contributed by atoms with van der Waals surface area (Å²) in [6.07, 6.45) is 12.4. The molecule has 200 valence electrons. The van der Waals surface area contributed by atoms with Crippen molar-refractivity contribution < 1.29 is 28.5 Å². The highest BCUT2D eigenvalue weighted by atomic mass is 16.7. The highest BCUT2D eigenvalue weighted by Crippen LogP contribution is 2.63. The average Bonchev–Trinajstić information content (AvgIpc) is 2.79. The Labute approximate surface area is 212 Å². The summed E-state index contributed by atoms with van der Waals surface area (Å²) in [4.78, 5) is 24.0. The van der Waals surface area contributed by atoms with Crippen molar-refractivity contribution in [1.29, 1.82) is 0 Å². The summed E-state index contributed by atoms with van der Waals surface area (Å²) >= 11 is 0. The Kier molecular flexibility index (Phi) is 9.47. The Morgan fingerprint density at radius 1 is 1.03 bits per heavy atom. The predicted octanol–water partition coefficient (Wildman–Crippen LogP) is 6.36. The molecule has 2 aliphatic carbocycles. The molecular formula is C29H48O6. The van der Waals surface area contributed by atoms with Crippen LogP contribution in [0.3, 0.4) is 0 Å². The molecule has 0 aromatic carbocycles. The second kappa shape index (κ2) is 11.8. The molecule has 2 saturated carbocycles. The quantitative estimate of drug-likeness (QED) is 0.275. The fraction of sp³-hybridized carbons (Fsp3) is 0.862. The van der Waals surface area contributed by atoms with Gasteiger partial charge in [0.2, 0.25) is 0 Å². The third-order valence-electron chi connectivity index (χ3n) is 9.25. The van der Waals surface area contributed by atoms with E-state index in [0.717, 1.165) is 63.5 Å².